The lowest BCUT2D eigenvalue weighted by Crippen LogP contribution is -2.19. The number of thioether (sulfide) groups is 1. The Kier molecular flexibility index (Phi) is 9.02. The first-order valence-electron chi connectivity index (χ1n) is 10.4. The fraction of sp³-hybridized carbons (Fsp3) is 0.333. The Morgan fingerprint density at radius 1 is 1.07 bits per heavy atom. The predicted octanol–water partition coefficient (Wildman–Crippen LogP) is 7.08. The monoisotopic (exact) mass is 486 g/mol. The largest absolute Gasteiger partial charge is 0.494 e. The van der Waals surface area contributed by atoms with Gasteiger partial charge in [0.05, 0.1) is 17.2 Å². The van der Waals surface area contributed by atoms with Crippen molar-refractivity contribution < 1.29 is 9.53 Å². The number of nitrogens with zero attached hydrogens (tertiary/aromatic N) is 1. The molecule has 0 saturated carbocycles. The Morgan fingerprint density at radius 3 is 2.60 bits per heavy atom. The maximum absolute atomic E-state index is 12.3. The van der Waals surface area contributed by atoms with Gasteiger partial charge in [0.25, 0.3) is 5.91 Å². The molecule has 1 fully saturated rings. The topological polar surface area (TPSA) is 50.7 Å². The van der Waals surface area contributed by atoms with Crippen LogP contribution in [0, 0.1) is 0 Å². The first-order valence-corrected chi connectivity index (χ1v) is 12.0. The summed E-state index contributed by atoms with van der Waals surface area (Å²) in [6.07, 6.45) is 9.40. The van der Waals surface area contributed by atoms with Gasteiger partial charge in [0.1, 0.15) is 5.75 Å². The summed E-state index contributed by atoms with van der Waals surface area (Å²) in [7, 11) is 0. The highest BCUT2D eigenvalue weighted by atomic mass is 79.9. The molecule has 6 heteroatoms. The van der Waals surface area contributed by atoms with Crippen molar-refractivity contribution in [3.8, 4) is 5.75 Å². The van der Waals surface area contributed by atoms with Gasteiger partial charge in [0.2, 0.25) is 0 Å². The van der Waals surface area contributed by atoms with Crippen molar-refractivity contribution in [2.75, 3.05) is 6.61 Å². The summed E-state index contributed by atoms with van der Waals surface area (Å²) in [6.45, 7) is 2.98. The second-order valence-corrected chi connectivity index (χ2v) is 9.09. The average Bonchev–Trinajstić information content (AvgIpc) is 3.07. The van der Waals surface area contributed by atoms with Crippen molar-refractivity contribution in [3.05, 3.63) is 63.5 Å². The summed E-state index contributed by atoms with van der Waals surface area (Å²) in [5.74, 6) is 0.739. The van der Waals surface area contributed by atoms with E-state index >= 15 is 0 Å². The van der Waals surface area contributed by atoms with Gasteiger partial charge in [-0.05, 0) is 60.2 Å². The Balaban J connectivity index is 1.51. The van der Waals surface area contributed by atoms with E-state index in [1.807, 2.05) is 54.6 Å². The van der Waals surface area contributed by atoms with Crippen LogP contribution in [0.3, 0.4) is 0 Å². The Hall–Kier alpha value is -2.05. The summed E-state index contributed by atoms with van der Waals surface area (Å²) in [5.41, 5.74) is 1.75. The standard InChI is InChI=1S/C24H27BrN2O2S/c1-2-3-4-5-6-7-15-29-21-13-11-18(12-14-21)16-22-23(28)27-24(30-22)26-20-10-8-9-19(25)17-20/h8-14,16-17H,2-7,15H2,1H3,(H,26,27,28). The molecule has 1 N–H and O–H groups in total. The maximum Gasteiger partial charge on any atom is 0.264 e. The summed E-state index contributed by atoms with van der Waals surface area (Å²) in [5, 5.41) is 3.41. The molecule has 1 amide bonds. The van der Waals surface area contributed by atoms with Gasteiger partial charge in [-0.3, -0.25) is 4.79 Å². The molecule has 0 aromatic heterocycles. The molecule has 2 aromatic carbocycles. The van der Waals surface area contributed by atoms with Crippen LogP contribution < -0.4 is 10.1 Å². The van der Waals surface area contributed by atoms with E-state index in [1.165, 1.54) is 43.9 Å². The quantitative estimate of drug-likeness (QED) is 0.288. The molecule has 0 atom stereocenters. The van der Waals surface area contributed by atoms with E-state index < -0.39 is 0 Å². The van der Waals surface area contributed by atoms with Gasteiger partial charge in [-0.15, -0.1) is 0 Å². The molecular weight excluding hydrogens is 460 g/mol. The molecule has 0 bridgehead atoms. The Labute approximate surface area is 191 Å². The van der Waals surface area contributed by atoms with Crippen LogP contribution in [-0.2, 0) is 4.79 Å². The number of unbranched alkanes of at least 4 members (excludes halogenated alkanes) is 5. The molecule has 1 saturated heterocycles. The van der Waals surface area contributed by atoms with Crippen LogP contribution in [-0.4, -0.2) is 17.7 Å². The van der Waals surface area contributed by atoms with Gasteiger partial charge in [0.15, 0.2) is 5.17 Å². The fourth-order valence-corrected chi connectivity index (χ4v) is 4.26. The minimum Gasteiger partial charge on any atom is -0.494 e. The first kappa shape index (κ1) is 22.6. The Morgan fingerprint density at radius 2 is 1.83 bits per heavy atom. The van der Waals surface area contributed by atoms with E-state index in [-0.39, 0.29) is 5.91 Å². The third kappa shape index (κ3) is 7.33. The zero-order chi connectivity index (χ0) is 21.2. The van der Waals surface area contributed by atoms with Crippen molar-refractivity contribution in [2.24, 2.45) is 4.99 Å². The molecular formula is C24H27BrN2O2S. The molecule has 158 valence electrons. The number of hydrogen-bond donors (Lipinski definition) is 1. The molecule has 3 rings (SSSR count). The van der Waals surface area contributed by atoms with Gasteiger partial charge in [0, 0.05) is 4.47 Å². The molecule has 1 heterocycles. The number of hydrogen-bond acceptors (Lipinski definition) is 4. The molecule has 1 aliphatic heterocycles. The lowest BCUT2D eigenvalue weighted by atomic mass is 10.1. The number of ether oxygens (including phenoxy) is 1. The number of amides is 1. The zero-order valence-corrected chi connectivity index (χ0v) is 19.6. The van der Waals surface area contributed by atoms with Crippen molar-refractivity contribution in [3.63, 3.8) is 0 Å². The zero-order valence-electron chi connectivity index (χ0n) is 17.2. The normalized spacial score (nSPS) is 16.3. The van der Waals surface area contributed by atoms with Gasteiger partial charge in [-0.1, -0.05) is 73.2 Å². The summed E-state index contributed by atoms with van der Waals surface area (Å²) < 4.78 is 6.78. The van der Waals surface area contributed by atoms with Crippen LogP contribution in [0.15, 0.2) is 62.9 Å². The van der Waals surface area contributed by atoms with Gasteiger partial charge >= 0.3 is 0 Å². The molecule has 0 aliphatic carbocycles. The molecule has 1 aliphatic rings. The van der Waals surface area contributed by atoms with E-state index in [0.717, 1.165) is 34.5 Å². The van der Waals surface area contributed by atoms with Crippen molar-refractivity contribution in [2.45, 2.75) is 45.4 Å². The van der Waals surface area contributed by atoms with E-state index in [0.29, 0.717) is 10.1 Å². The number of halogens is 1. The second-order valence-electron chi connectivity index (χ2n) is 7.15. The maximum atomic E-state index is 12.3. The molecule has 0 radical (unpaired) electrons. The number of aliphatic imine (C=N–C) groups is 1. The summed E-state index contributed by atoms with van der Waals surface area (Å²) in [6, 6.07) is 15.5. The van der Waals surface area contributed by atoms with Gasteiger partial charge < -0.3 is 10.1 Å². The molecule has 0 spiro atoms. The van der Waals surface area contributed by atoms with Gasteiger partial charge in [-0.2, -0.15) is 0 Å². The molecule has 0 unspecified atom stereocenters. The number of carbonyl (C=O) groups excluding carboxylic acids is 1. The number of amidine groups is 1. The lowest BCUT2D eigenvalue weighted by Gasteiger charge is -2.06. The third-order valence-corrected chi connectivity index (χ3v) is 6.04. The molecule has 2 aromatic rings. The first-order chi connectivity index (χ1) is 14.6. The number of nitrogens with one attached hydrogen (secondary N) is 1. The van der Waals surface area contributed by atoms with Crippen molar-refractivity contribution in [1.29, 1.82) is 0 Å². The smallest absolute Gasteiger partial charge is 0.264 e. The number of rotatable bonds is 10. The Bertz CT molecular complexity index is 910. The highest BCUT2D eigenvalue weighted by Gasteiger charge is 2.23. The van der Waals surface area contributed by atoms with E-state index in [1.54, 1.807) is 0 Å². The average molecular weight is 487 g/mol. The van der Waals surface area contributed by atoms with E-state index in [9.17, 15) is 4.79 Å². The summed E-state index contributed by atoms with van der Waals surface area (Å²) >= 11 is 4.78. The van der Waals surface area contributed by atoms with Crippen LogP contribution in [0.2, 0.25) is 0 Å². The lowest BCUT2D eigenvalue weighted by molar-refractivity contribution is -0.115. The number of carbonyl (C=O) groups is 1. The van der Waals surface area contributed by atoms with Crippen LogP contribution in [0.25, 0.3) is 6.08 Å². The minimum absolute atomic E-state index is 0.128. The van der Waals surface area contributed by atoms with E-state index in [2.05, 4.69) is 33.2 Å². The third-order valence-electron chi connectivity index (χ3n) is 4.63. The predicted molar refractivity (Wildman–Crippen MR) is 130 cm³/mol. The summed E-state index contributed by atoms with van der Waals surface area (Å²) in [4.78, 5) is 17.4. The van der Waals surface area contributed by atoms with Crippen LogP contribution >= 0.6 is 27.7 Å². The molecule has 30 heavy (non-hydrogen) atoms. The minimum atomic E-state index is -0.128. The van der Waals surface area contributed by atoms with Gasteiger partial charge in [-0.25, -0.2) is 4.99 Å². The highest BCUT2D eigenvalue weighted by Crippen LogP contribution is 2.29. The molecule has 4 nitrogen and oxygen atoms in total. The SMILES string of the molecule is CCCCCCCCOc1ccc(C=C2SC(=Nc3cccc(Br)c3)NC2=O)cc1. The highest BCUT2D eigenvalue weighted by molar-refractivity contribution is 9.10. The van der Waals surface area contributed by atoms with Crippen molar-refractivity contribution >= 4 is 50.5 Å². The van der Waals surface area contributed by atoms with E-state index in [4.69, 9.17) is 4.74 Å². The number of benzene rings is 2. The fourth-order valence-electron chi connectivity index (χ4n) is 3.03. The second kappa shape index (κ2) is 12.0. The van der Waals surface area contributed by atoms with Crippen LogP contribution in [0.4, 0.5) is 5.69 Å². The van der Waals surface area contributed by atoms with Crippen LogP contribution in [0.5, 0.6) is 5.75 Å². The van der Waals surface area contributed by atoms with Crippen molar-refractivity contribution in [1.82, 2.24) is 5.32 Å². The van der Waals surface area contributed by atoms with Crippen LogP contribution in [0.1, 0.15) is 51.0 Å².